The lowest BCUT2D eigenvalue weighted by Crippen LogP contribution is -2.24. The summed E-state index contributed by atoms with van der Waals surface area (Å²) in [5, 5.41) is 11.4. The van der Waals surface area contributed by atoms with Crippen LogP contribution in [0.3, 0.4) is 0 Å². The monoisotopic (exact) mass is 284 g/mol. The van der Waals surface area contributed by atoms with Gasteiger partial charge in [-0.1, -0.05) is 24.3 Å². The molecule has 3 rings (SSSR count). The number of nitrogens with zero attached hydrogens (tertiary/aromatic N) is 2. The molecule has 1 atom stereocenters. The predicted molar refractivity (Wildman–Crippen MR) is 84.1 cm³/mol. The molecule has 0 aromatic heterocycles. The molecule has 0 radical (unpaired) electrons. The Morgan fingerprint density at radius 3 is 2.33 bits per heavy atom. The van der Waals surface area contributed by atoms with E-state index in [4.69, 9.17) is 4.74 Å². The van der Waals surface area contributed by atoms with Crippen LogP contribution in [0.4, 0.5) is 11.4 Å². The summed E-state index contributed by atoms with van der Waals surface area (Å²) in [4.78, 5) is 2.28. The molecule has 0 aliphatic carbocycles. The van der Waals surface area contributed by atoms with Crippen LogP contribution < -0.4 is 14.7 Å². The minimum Gasteiger partial charge on any atom is -0.462 e. The lowest BCUT2D eigenvalue weighted by molar-refractivity contribution is 0.114. The molecule has 1 heterocycles. The highest BCUT2D eigenvalue weighted by Crippen LogP contribution is 2.41. The largest absolute Gasteiger partial charge is 0.462 e. The average molecular weight is 284 g/mol. The second kappa shape index (κ2) is 5.66. The van der Waals surface area contributed by atoms with Crippen LogP contribution in [0.25, 0.3) is 0 Å². The van der Waals surface area contributed by atoms with Gasteiger partial charge in [-0.15, -0.1) is 0 Å². The molecule has 1 unspecified atom stereocenters. The maximum absolute atomic E-state index is 10.3. The van der Waals surface area contributed by atoms with E-state index < -0.39 is 6.23 Å². The molecule has 1 N–H and O–H groups in total. The minimum atomic E-state index is -0.479. The normalized spacial score (nSPS) is 16.5. The fourth-order valence-corrected chi connectivity index (χ4v) is 2.69. The molecule has 1 aliphatic rings. The molecule has 2 aromatic carbocycles. The first-order valence-electron chi connectivity index (χ1n) is 7.33. The maximum Gasteiger partial charge on any atom is 0.221 e. The molecule has 1 aliphatic heterocycles. The first-order chi connectivity index (χ1) is 10.2. The van der Waals surface area contributed by atoms with Gasteiger partial charge in [-0.05, 0) is 38.1 Å². The van der Waals surface area contributed by atoms with Crippen molar-refractivity contribution >= 4 is 11.4 Å². The van der Waals surface area contributed by atoms with Gasteiger partial charge in [0.05, 0.1) is 0 Å². The lowest BCUT2D eigenvalue weighted by atomic mass is 10.1. The van der Waals surface area contributed by atoms with Gasteiger partial charge in [0, 0.05) is 24.3 Å². The van der Waals surface area contributed by atoms with Gasteiger partial charge in [0.15, 0.2) is 0 Å². The molecule has 0 saturated heterocycles. The molecule has 0 spiro atoms. The fourth-order valence-electron chi connectivity index (χ4n) is 2.69. The summed E-state index contributed by atoms with van der Waals surface area (Å²) in [6.45, 7) is 6.24. The van der Waals surface area contributed by atoms with E-state index in [0.717, 1.165) is 18.7 Å². The molecule has 21 heavy (non-hydrogen) atoms. The third-order valence-electron chi connectivity index (χ3n) is 3.88. The van der Waals surface area contributed by atoms with Crippen LogP contribution >= 0.6 is 0 Å². The Labute approximate surface area is 125 Å². The summed E-state index contributed by atoms with van der Waals surface area (Å²) in [6.07, 6.45) is -0.479. The number of para-hydroxylation sites is 2. The molecule has 2 aromatic rings. The van der Waals surface area contributed by atoms with Crippen molar-refractivity contribution in [2.24, 2.45) is 0 Å². The van der Waals surface area contributed by atoms with Gasteiger partial charge in [-0.3, -0.25) is 5.21 Å². The van der Waals surface area contributed by atoms with E-state index in [1.807, 2.05) is 36.4 Å². The second-order valence-electron chi connectivity index (χ2n) is 5.05. The Morgan fingerprint density at radius 1 is 1.05 bits per heavy atom. The highest BCUT2D eigenvalue weighted by atomic mass is 16.6. The van der Waals surface area contributed by atoms with Crippen molar-refractivity contribution in [2.45, 2.75) is 20.1 Å². The second-order valence-corrected chi connectivity index (χ2v) is 5.05. The van der Waals surface area contributed by atoms with E-state index in [1.54, 1.807) is 0 Å². The zero-order valence-electron chi connectivity index (χ0n) is 12.4. The minimum absolute atomic E-state index is 0.479. The van der Waals surface area contributed by atoms with Crippen LogP contribution in [0, 0.1) is 0 Å². The Bertz CT molecular complexity index is 608. The van der Waals surface area contributed by atoms with Gasteiger partial charge in [-0.25, -0.2) is 5.06 Å². The first-order valence-corrected chi connectivity index (χ1v) is 7.33. The van der Waals surface area contributed by atoms with Crippen LogP contribution in [0.1, 0.15) is 25.6 Å². The Balaban J connectivity index is 1.83. The average Bonchev–Trinajstić information content (AvgIpc) is 2.87. The Morgan fingerprint density at radius 2 is 1.71 bits per heavy atom. The lowest BCUT2D eigenvalue weighted by Gasteiger charge is -2.23. The number of hydrogen-bond donors (Lipinski definition) is 1. The smallest absolute Gasteiger partial charge is 0.221 e. The van der Waals surface area contributed by atoms with Crippen molar-refractivity contribution < 1.29 is 9.94 Å². The van der Waals surface area contributed by atoms with Crippen molar-refractivity contribution in [3.8, 4) is 5.75 Å². The quantitative estimate of drug-likeness (QED) is 0.926. The van der Waals surface area contributed by atoms with E-state index in [-0.39, 0.29) is 0 Å². The SMILES string of the molecule is CCN(CC)c1ccc(C2Oc3ccccc3N2O)cc1. The van der Waals surface area contributed by atoms with Crippen LogP contribution in [-0.4, -0.2) is 18.3 Å². The number of benzene rings is 2. The zero-order valence-corrected chi connectivity index (χ0v) is 12.4. The molecule has 0 bridgehead atoms. The van der Waals surface area contributed by atoms with Gasteiger partial charge >= 0.3 is 0 Å². The Kier molecular flexibility index (Phi) is 3.71. The van der Waals surface area contributed by atoms with Crippen molar-refractivity contribution in [1.82, 2.24) is 0 Å². The standard InChI is InChI=1S/C17H20N2O2/c1-3-18(4-2)14-11-9-13(10-12-14)17-19(20)15-7-5-6-8-16(15)21-17/h5-12,17,20H,3-4H2,1-2H3. The summed E-state index contributed by atoms with van der Waals surface area (Å²) in [5.41, 5.74) is 2.82. The van der Waals surface area contributed by atoms with Gasteiger partial charge in [-0.2, -0.15) is 0 Å². The van der Waals surface area contributed by atoms with Crippen molar-refractivity contribution in [3.63, 3.8) is 0 Å². The zero-order chi connectivity index (χ0) is 14.8. The highest BCUT2D eigenvalue weighted by Gasteiger charge is 2.30. The molecule has 4 heteroatoms. The summed E-state index contributed by atoms with van der Waals surface area (Å²) in [5.74, 6) is 0.706. The highest BCUT2D eigenvalue weighted by molar-refractivity contribution is 5.61. The van der Waals surface area contributed by atoms with Gasteiger partial charge < -0.3 is 9.64 Å². The van der Waals surface area contributed by atoms with E-state index in [0.29, 0.717) is 11.4 Å². The number of fused-ring (bicyclic) bond motifs is 1. The van der Waals surface area contributed by atoms with Crippen LogP contribution in [0.5, 0.6) is 5.75 Å². The van der Waals surface area contributed by atoms with E-state index in [2.05, 4.69) is 30.9 Å². The Hall–Kier alpha value is -2.20. The van der Waals surface area contributed by atoms with Crippen LogP contribution in [0.15, 0.2) is 48.5 Å². The van der Waals surface area contributed by atoms with Crippen molar-refractivity contribution in [3.05, 3.63) is 54.1 Å². The maximum atomic E-state index is 10.3. The van der Waals surface area contributed by atoms with Crippen LogP contribution in [-0.2, 0) is 0 Å². The number of rotatable bonds is 4. The molecule has 0 fully saturated rings. The van der Waals surface area contributed by atoms with E-state index in [1.165, 1.54) is 10.8 Å². The molecular weight excluding hydrogens is 264 g/mol. The topological polar surface area (TPSA) is 35.9 Å². The number of hydroxylamine groups is 1. The molecule has 4 nitrogen and oxygen atoms in total. The fraction of sp³-hybridized carbons (Fsp3) is 0.294. The predicted octanol–water partition coefficient (Wildman–Crippen LogP) is 3.82. The van der Waals surface area contributed by atoms with Gasteiger partial charge in [0.2, 0.25) is 6.23 Å². The third kappa shape index (κ3) is 2.43. The van der Waals surface area contributed by atoms with Crippen molar-refractivity contribution in [2.75, 3.05) is 23.1 Å². The third-order valence-corrected chi connectivity index (χ3v) is 3.88. The molecular formula is C17H20N2O2. The summed E-state index contributed by atoms with van der Waals surface area (Å²) < 4.78 is 5.82. The van der Waals surface area contributed by atoms with Gasteiger partial charge in [0.1, 0.15) is 11.4 Å². The van der Waals surface area contributed by atoms with E-state index in [9.17, 15) is 5.21 Å². The molecule has 110 valence electrons. The number of ether oxygens (including phenoxy) is 1. The number of hydrogen-bond acceptors (Lipinski definition) is 4. The number of anilines is 2. The molecule has 0 amide bonds. The van der Waals surface area contributed by atoms with Crippen LogP contribution in [0.2, 0.25) is 0 Å². The summed E-state index contributed by atoms with van der Waals surface area (Å²) >= 11 is 0. The summed E-state index contributed by atoms with van der Waals surface area (Å²) in [7, 11) is 0. The molecule has 0 saturated carbocycles. The van der Waals surface area contributed by atoms with Crippen molar-refractivity contribution in [1.29, 1.82) is 0 Å². The summed E-state index contributed by atoms with van der Waals surface area (Å²) in [6, 6.07) is 15.7. The van der Waals surface area contributed by atoms with E-state index >= 15 is 0 Å². The first kappa shape index (κ1) is 13.8. The van der Waals surface area contributed by atoms with Gasteiger partial charge in [0.25, 0.3) is 0 Å².